The van der Waals surface area contributed by atoms with E-state index in [-0.39, 0.29) is 12.5 Å². The van der Waals surface area contributed by atoms with E-state index in [1.165, 1.54) is 22.9 Å². The van der Waals surface area contributed by atoms with Crippen molar-refractivity contribution in [2.24, 2.45) is 0 Å². The molecule has 0 bridgehead atoms. The summed E-state index contributed by atoms with van der Waals surface area (Å²) in [6.45, 7) is 6.90. The summed E-state index contributed by atoms with van der Waals surface area (Å²) in [5.74, 6) is -0.0963. The van der Waals surface area contributed by atoms with Gasteiger partial charge in [-0.05, 0) is 56.2 Å². The summed E-state index contributed by atoms with van der Waals surface area (Å²) < 4.78 is 0. The van der Waals surface area contributed by atoms with Gasteiger partial charge in [0.15, 0.2) is 0 Å². The Morgan fingerprint density at radius 1 is 1.26 bits per heavy atom. The number of hydrogen-bond acceptors (Lipinski definition) is 4. The minimum atomic E-state index is -0.0963. The van der Waals surface area contributed by atoms with E-state index >= 15 is 0 Å². The Kier molecular flexibility index (Phi) is 6.19. The number of benzene rings is 1. The van der Waals surface area contributed by atoms with Gasteiger partial charge in [0.05, 0.1) is 12.2 Å². The van der Waals surface area contributed by atoms with E-state index in [0.717, 1.165) is 4.90 Å². The highest BCUT2D eigenvalue weighted by molar-refractivity contribution is 7.99. The number of aromatic nitrogens is 1. The van der Waals surface area contributed by atoms with Crippen LogP contribution in [0.5, 0.6) is 0 Å². The fourth-order valence-electron chi connectivity index (χ4n) is 2.22. The highest BCUT2D eigenvalue weighted by Gasteiger charge is 2.18. The molecule has 1 N–H and O–H groups in total. The van der Waals surface area contributed by atoms with E-state index in [4.69, 9.17) is 5.11 Å². The van der Waals surface area contributed by atoms with Crippen molar-refractivity contribution >= 4 is 17.7 Å². The van der Waals surface area contributed by atoms with Gasteiger partial charge in [-0.1, -0.05) is 17.8 Å². The molecule has 0 saturated heterocycles. The van der Waals surface area contributed by atoms with Gasteiger partial charge in [0, 0.05) is 24.2 Å². The average molecular weight is 330 g/mol. The van der Waals surface area contributed by atoms with E-state index in [1.54, 1.807) is 23.2 Å². The Bertz CT molecular complexity index is 688. The number of carbonyl (C=O) groups is 1. The Balaban J connectivity index is 2.29. The van der Waals surface area contributed by atoms with Crippen LogP contribution in [0.1, 0.15) is 28.4 Å². The lowest BCUT2D eigenvalue weighted by atomic mass is 10.1. The first kappa shape index (κ1) is 17.5. The molecule has 0 saturated carbocycles. The lowest BCUT2D eigenvalue weighted by Gasteiger charge is -2.20. The molecule has 0 aliphatic rings. The van der Waals surface area contributed by atoms with Gasteiger partial charge < -0.3 is 10.0 Å². The zero-order chi connectivity index (χ0) is 16.8. The molecule has 2 aromatic rings. The maximum Gasteiger partial charge on any atom is 0.256 e. The molecule has 0 radical (unpaired) electrons. The van der Waals surface area contributed by atoms with Crippen LogP contribution in [0, 0.1) is 13.8 Å². The van der Waals surface area contributed by atoms with Crippen molar-refractivity contribution in [3.63, 3.8) is 0 Å². The molecule has 5 heteroatoms. The van der Waals surface area contributed by atoms with Crippen LogP contribution in [0.15, 0.2) is 46.5 Å². The number of aliphatic hydroxyl groups excluding tert-OH is 1. The second-order valence-corrected chi connectivity index (χ2v) is 6.37. The third-order valence-electron chi connectivity index (χ3n) is 3.73. The Morgan fingerprint density at radius 3 is 2.70 bits per heavy atom. The van der Waals surface area contributed by atoms with Gasteiger partial charge in [0.2, 0.25) is 0 Å². The molecule has 4 nitrogen and oxygen atoms in total. The first-order valence-electron chi connectivity index (χ1n) is 7.67. The molecule has 0 aliphatic heterocycles. The standard InChI is InChI=1S/C18H22N2O2S/c1-4-20(10-11-21)18(22)16-6-5-9-19-17(16)23-15-8-7-13(2)14(3)12-15/h5-9,12,21H,4,10-11H2,1-3H3. The normalized spacial score (nSPS) is 10.6. The summed E-state index contributed by atoms with van der Waals surface area (Å²) in [5, 5.41) is 9.80. The van der Waals surface area contributed by atoms with Crippen LogP contribution >= 0.6 is 11.8 Å². The zero-order valence-corrected chi connectivity index (χ0v) is 14.6. The molecular weight excluding hydrogens is 308 g/mol. The highest BCUT2D eigenvalue weighted by atomic mass is 32.2. The number of aliphatic hydroxyl groups is 1. The number of likely N-dealkylation sites (N-methyl/N-ethyl adjacent to an activating group) is 1. The van der Waals surface area contributed by atoms with Crippen molar-refractivity contribution in [3.05, 3.63) is 53.2 Å². The summed E-state index contributed by atoms with van der Waals surface area (Å²) in [4.78, 5) is 19.7. The maximum absolute atomic E-state index is 12.7. The molecule has 23 heavy (non-hydrogen) atoms. The van der Waals surface area contributed by atoms with Crippen molar-refractivity contribution in [1.82, 2.24) is 9.88 Å². The molecule has 122 valence electrons. The van der Waals surface area contributed by atoms with Gasteiger partial charge in [0.1, 0.15) is 5.03 Å². The van der Waals surface area contributed by atoms with Crippen LogP contribution in [-0.2, 0) is 0 Å². The van der Waals surface area contributed by atoms with Gasteiger partial charge >= 0.3 is 0 Å². The molecule has 0 atom stereocenters. The lowest BCUT2D eigenvalue weighted by Crippen LogP contribution is -2.33. The smallest absolute Gasteiger partial charge is 0.256 e. The minimum absolute atomic E-state index is 0.0422. The van der Waals surface area contributed by atoms with Gasteiger partial charge in [-0.25, -0.2) is 4.98 Å². The number of aryl methyl sites for hydroxylation is 2. The number of carbonyl (C=O) groups excluding carboxylic acids is 1. The molecule has 1 amide bonds. The van der Waals surface area contributed by atoms with Crippen LogP contribution in [0.25, 0.3) is 0 Å². The summed E-state index contributed by atoms with van der Waals surface area (Å²) in [5.41, 5.74) is 3.03. The first-order valence-corrected chi connectivity index (χ1v) is 8.48. The fourth-order valence-corrected chi connectivity index (χ4v) is 3.19. The molecule has 1 heterocycles. The zero-order valence-electron chi connectivity index (χ0n) is 13.7. The van der Waals surface area contributed by atoms with Crippen LogP contribution in [0.2, 0.25) is 0 Å². The number of hydrogen-bond donors (Lipinski definition) is 1. The lowest BCUT2D eigenvalue weighted by molar-refractivity contribution is 0.0727. The average Bonchev–Trinajstić information content (AvgIpc) is 2.56. The predicted octanol–water partition coefficient (Wildman–Crippen LogP) is 3.30. The molecule has 0 fully saturated rings. The largest absolute Gasteiger partial charge is 0.395 e. The third kappa shape index (κ3) is 4.33. The van der Waals surface area contributed by atoms with Crippen LogP contribution in [0.4, 0.5) is 0 Å². The van der Waals surface area contributed by atoms with Crippen molar-refractivity contribution in [2.75, 3.05) is 19.7 Å². The quantitative estimate of drug-likeness (QED) is 0.883. The van der Waals surface area contributed by atoms with E-state index in [0.29, 0.717) is 23.7 Å². The topological polar surface area (TPSA) is 53.4 Å². The Labute approximate surface area is 141 Å². The molecule has 2 rings (SSSR count). The minimum Gasteiger partial charge on any atom is -0.395 e. The van der Waals surface area contributed by atoms with E-state index in [9.17, 15) is 4.79 Å². The second-order valence-electron chi connectivity index (χ2n) is 5.31. The van der Waals surface area contributed by atoms with Crippen LogP contribution in [0.3, 0.4) is 0 Å². The second kappa shape index (κ2) is 8.13. The van der Waals surface area contributed by atoms with Crippen LogP contribution in [-0.4, -0.2) is 40.6 Å². The van der Waals surface area contributed by atoms with Crippen molar-refractivity contribution < 1.29 is 9.90 Å². The fraction of sp³-hybridized carbons (Fsp3) is 0.333. The Hall–Kier alpha value is -1.85. The number of amides is 1. The number of nitrogens with zero attached hydrogens (tertiary/aromatic N) is 2. The van der Waals surface area contributed by atoms with Crippen molar-refractivity contribution in [2.45, 2.75) is 30.7 Å². The van der Waals surface area contributed by atoms with Gasteiger partial charge in [-0.2, -0.15) is 0 Å². The van der Waals surface area contributed by atoms with Gasteiger partial charge in [0.25, 0.3) is 5.91 Å². The van der Waals surface area contributed by atoms with Crippen LogP contribution < -0.4 is 0 Å². The first-order chi connectivity index (χ1) is 11.1. The molecule has 1 aromatic heterocycles. The molecular formula is C18H22N2O2S. The SMILES string of the molecule is CCN(CCO)C(=O)c1cccnc1Sc1ccc(C)c(C)c1. The highest BCUT2D eigenvalue weighted by Crippen LogP contribution is 2.30. The van der Waals surface area contributed by atoms with Crippen molar-refractivity contribution in [1.29, 1.82) is 0 Å². The van der Waals surface area contributed by atoms with E-state index in [2.05, 4.69) is 31.0 Å². The van der Waals surface area contributed by atoms with Gasteiger partial charge in [-0.3, -0.25) is 4.79 Å². The predicted molar refractivity (Wildman–Crippen MR) is 92.9 cm³/mol. The Morgan fingerprint density at radius 2 is 2.04 bits per heavy atom. The van der Waals surface area contributed by atoms with Gasteiger partial charge in [-0.15, -0.1) is 0 Å². The summed E-state index contributed by atoms with van der Waals surface area (Å²) in [6, 6.07) is 9.78. The summed E-state index contributed by atoms with van der Waals surface area (Å²) in [7, 11) is 0. The van der Waals surface area contributed by atoms with E-state index in [1.807, 2.05) is 13.0 Å². The summed E-state index contributed by atoms with van der Waals surface area (Å²) >= 11 is 1.49. The molecule has 1 aromatic carbocycles. The van der Waals surface area contributed by atoms with Crippen molar-refractivity contribution in [3.8, 4) is 0 Å². The molecule has 0 aliphatic carbocycles. The molecule has 0 spiro atoms. The number of pyridine rings is 1. The third-order valence-corrected chi connectivity index (χ3v) is 4.74. The summed E-state index contributed by atoms with van der Waals surface area (Å²) in [6.07, 6.45) is 1.70. The maximum atomic E-state index is 12.7. The number of rotatable bonds is 6. The monoisotopic (exact) mass is 330 g/mol. The van der Waals surface area contributed by atoms with E-state index < -0.39 is 0 Å². The molecule has 0 unspecified atom stereocenters.